The molecule has 0 bridgehead atoms. The number of Topliss-reactive ketones (excluding diaryl/α,β-unsaturated/α-hetero) is 1. The molecule has 2 aliphatic rings. The van der Waals surface area contributed by atoms with Crippen LogP contribution in [-0.2, 0) is 4.79 Å². The van der Waals surface area contributed by atoms with Crippen LogP contribution >= 0.6 is 11.8 Å². The maximum absolute atomic E-state index is 12.2. The van der Waals surface area contributed by atoms with Gasteiger partial charge in [-0.05, 0) is 17.1 Å². The van der Waals surface area contributed by atoms with E-state index in [1.165, 1.54) is 11.1 Å². The SMILES string of the molecule is CC1C=CC=C(C2CC(=O)CC(c3ccccc3)S2)C=C1. The summed E-state index contributed by atoms with van der Waals surface area (Å²) in [6, 6.07) is 10.4. The number of rotatable bonds is 2. The minimum Gasteiger partial charge on any atom is -0.300 e. The summed E-state index contributed by atoms with van der Waals surface area (Å²) in [5.41, 5.74) is 2.54. The van der Waals surface area contributed by atoms with Crippen molar-refractivity contribution in [3.05, 3.63) is 71.8 Å². The van der Waals surface area contributed by atoms with Crippen LogP contribution in [0.1, 0.15) is 30.6 Å². The Kier molecular flexibility index (Phi) is 4.45. The summed E-state index contributed by atoms with van der Waals surface area (Å²) in [6.45, 7) is 2.18. The second-order valence-corrected chi connectivity index (χ2v) is 7.15. The lowest BCUT2D eigenvalue weighted by molar-refractivity contribution is -0.119. The van der Waals surface area contributed by atoms with Gasteiger partial charge in [0.25, 0.3) is 0 Å². The van der Waals surface area contributed by atoms with Gasteiger partial charge in [0.15, 0.2) is 0 Å². The second kappa shape index (κ2) is 6.48. The Balaban J connectivity index is 1.81. The molecular weight excluding hydrogens is 276 g/mol. The topological polar surface area (TPSA) is 17.1 Å². The lowest BCUT2D eigenvalue weighted by atomic mass is 10.00. The number of carbonyl (C=O) groups excluding carboxylic acids is 1. The van der Waals surface area contributed by atoms with Gasteiger partial charge in [-0.2, -0.15) is 0 Å². The summed E-state index contributed by atoms with van der Waals surface area (Å²) < 4.78 is 0. The molecule has 1 aliphatic heterocycles. The van der Waals surface area contributed by atoms with Gasteiger partial charge in [0, 0.05) is 23.3 Å². The van der Waals surface area contributed by atoms with Crippen LogP contribution in [0.25, 0.3) is 0 Å². The molecule has 1 heterocycles. The van der Waals surface area contributed by atoms with Crippen LogP contribution in [-0.4, -0.2) is 11.0 Å². The molecule has 0 amide bonds. The van der Waals surface area contributed by atoms with Crippen LogP contribution in [0.4, 0.5) is 0 Å². The van der Waals surface area contributed by atoms with Crippen LogP contribution in [0, 0.1) is 5.92 Å². The van der Waals surface area contributed by atoms with Crippen molar-refractivity contribution in [1.29, 1.82) is 0 Å². The number of ketones is 1. The van der Waals surface area contributed by atoms with Crippen LogP contribution < -0.4 is 0 Å². The Morgan fingerprint density at radius 1 is 1.05 bits per heavy atom. The van der Waals surface area contributed by atoms with Crippen molar-refractivity contribution >= 4 is 17.5 Å². The van der Waals surface area contributed by atoms with Crippen molar-refractivity contribution in [3.8, 4) is 0 Å². The molecule has 1 aliphatic carbocycles. The summed E-state index contributed by atoms with van der Waals surface area (Å²) >= 11 is 1.93. The third-order valence-electron chi connectivity index (χ3n) is 3.99. The van der Waals surface area contributed by atoms with Crippen LogP contribution in [0.15, 0.2) is 66.3 Å². The van der Waals surface area contributed by atoms with Crippen LogP contribution in [0.5, 0.6) is 0 Å². The molecule has 0 spiro atoms. The fourth-order valence-corrected chi connectivity index (χ4v) is 4.38. The van der Waals surface area contributed by atoms with Gasteiger partial charge in [-0.15, -0.1) is 11.8 Å². The highest BCUT2D eigenvalue weighted by Gasteiger charge is 2.30. The molecule has 3 atom stereocenters. The lowest BCUT2D eigenvalue weighted by Gasteiger charge is -2.29. The first-order chi connectivity index (χ1) is 10.2. The van der Waals surface area contributed by atoms with E-state index in [9.17, 15) is 4.79 Å². The standard InChI is InChI=1S/C19H20OS/c1-14-6-5-9-16(11-10-14)19-13-17(20)12-18(21-19)15-7-3-2-4-8-15/h2-11,14,18-19H,12-13H2,1H3. The number of thioether (sulfide) groups is 1. The number of carbonyl (C=O) groups is 1. The van der Waals surface area contributed by atoms with Crippen molar-refractivity contribution in [2.75, 3.05) is 0 Å². The van der Waals surface area contributed by atoms with Crippen molar-refractivity contribution in [3.63, 3.8) is 0 Å². The van der Waals surface area contributed by atoms with Crippen LogP contribution in [0.3, 0.4) is 0 Å². The van der Waals surface area contributed by atoms with Gasteiger partial charge in [0.2, 0.25) is 0 Å². The van der Waals surface area contributed by atoms with Gasteiger partial charge in [0.1, 0.15) is 5.78 Å². The molecule has 0 aromatic heterocycles. The summed E-state index contributed by atoms with van der Waals surface area (Å²) in [6.07, 6.45) is 12.2. The fraction of sp³-hybridized carbons (Fsp3) is 0.316. The highest BCUT2D eigenvalue weighted by Crippen LogP contribution is 2.44. The average Bonchev–Trinajstić information content (AvgIpc) is 2.72. The first-order valence-corrected chi connectivity index (χ1v) is 8.45. The van der Waals surface area contributed by atoms with E-state index >= 15 is 0 Å². The molecular formula is C19H20OS. The van der Waals surface area contributed by atoms with Gasteiger partial charge in [0.05, 0.1) is 0 Å². The van der Waals surface area contributed by atoms with Gasteiger partial charge in [-0.1, -0.05) is 67.6 Å². The van der Waals surface area contributed by atoms with Gasteiger partial charge in [-0.25, -0.2) is 0 Å². The molecule has 0 saturated carbocycles. The number of hydrogen-bond acceptors (Lipinski definition) is 2. The highest BCUT2D eigenvalue weighted by atomic mass is 32.2. The Morgan fingerprint density at radius 2 is 1.81 bits per heavy atom. The Hall–Kier alpha value is -1.54. The summed E-state index contributed by atoms with van der Waals surface area (Å²) in [4.78, 5) is 12.2. The second-order valence-electron chi connectivity index (χ2n) is 5.74. The largest absolute Gasteiger partial charge is 0.300 e. The summed E-state index contributed by atoms with van der Waals surface area (Å²) in [5.74, 6) is 0.844. The van der Waals surface area contributed by atoms with E-state index < -0.39 is 0 Å². The normalized spacial score (nSPS) is 29.1. The third kappa shape index (κ3) is 3.56. The molecule has 1 nitrogen and oxygen atoms in total. The van der Waals surface area contributed by atoms with Gasteiger partial charge >= 0.3 is 0 Å². The molecule has 0 radical (unpaired) electrons. The molecule has 2 heteroatoms. The molecule has 1 aromatic carbocycles. The average molecular weight is 296 g/mol. The van der Waals surface area contributed by atoms with Crippen molar-refractivity contribution < 1.29 is 4.79 Å². The fourth-order valence-electron chi connectivity index (χ4n) is 2.79. The van der Waals surface area contributed by atoms with E-state index in [-0.39, 0.29) is 10.5 Å². The minimum absolute atomic E-state index is 0.280. The monoisotopic (exact) mass is 296 g/mol. The number of benzene rings is 1. The van der Waals surface area contributed by atoms with Crippen LogP contribution in [0.2, 0.25) is 0 Å². The van der Waals surface area contributed by atoms with E-state index in [4.69, 9.17) is 0 Å². The molecule has 1 fully saturated rings. The van der Waals surface area contributed by atoms with E-state index in [1.54, 1.807) is 0 Å². The highest BCUT2D eigenvalue weighted by molar-refractivity contribution is 8.00. The maximum Gasteiger partial charge on any atom is 0.135 e. The minimum atomic E-state index is 0.280. The lowest BCUT2D eigenvalue weighted by Crippen LogP contribution is -2.21. The van der Waals surface area contributed by atoms with Crippen molar-refractivity contribution in [1.82, 2.24) is 0 Å². The first-order valence-electron chi connectivity index (χ1n) is 7.51. The van der Waals surface area contributed by atoms with E-state index in [0.717, 1.165) is 0 Å². The smallest absolute Gasteiger partial charge is 0.135 e. The van der Waals surface area contributed by atoms with E-state index in [2.05, 4.69) is 61.6 Å². The zero-order valence-electron chi connectivity index (χ0n) is 12.2. The molecule has 108 valence electrons. The number of hydrogen-bond donors (Lipinski definition) is 0. The van der Waals surface area contributed by atoms with Crippen molar-refractivity contribution in [2.45, 2.75) is 30.3 Å². The zero-order chi connectivity index (χ0) is 14.7. The first kappa shape index (κ1) is 14.4. The molecule has 1 saturated heterocycles. The Bertz CT molecular complexity index is 597. The predicted octanol–water partition coefficient (Wildman–Crippen LogP) is 4.88. The molecule has 21 heavy (non-hydrogen) atoms. The van der Waals surface area contributed by atoms with E-state index in [1.807, 2.05) is 17.8 Å². The predicted molar refractivity (Wildman–Crippen MR) is 90.3 cm³/mol. The van der Waals surface area contributed by atoms with E-state index in [0.29, 0.717) is 24.5 Å². The Labute approximate surface area is 130 Å². The quantitative estimate of drug-likeness (QED) is 0.773. The summed E-state index contributed by atoms with van der Waals surface area (Å²) in [7, 11) is 0. The van der Waals surface area contributed by atoms with Crippen molar-refractivity contribution in [2.24, 2.45) is 5.92 Å². The third-order valence-corrected chi connectivity index (χ3v) is 5.53. The number of allylic oxidation sites excluding steroid dienone is 5. The Morgan fingerprint density at radius 3 is 2.62 bits per heavy atom. The van der Waals surface area contributed by atoms with Gasteiger partial charge in [-0.3, -0.25) is 4.79 Å². The molecule has 0 N–H and O–H groups in total. The zero-order valence-corrected chi connectivity index (χ0v) is 13.1. The molecule has 3 unspecified atom stereocenters. The van der Waals surface area contributed by atoms with Gasteiger partial charge < -0.3 is 0 Å². The molecule has 1 aromatic rings. The summed E-state index contributed by atoms with van der Waals surface area (Å²) in [5, 5.41) is 0.569. The maximum atomic E-state index is 12.2. The molecule has 3 rings (SSSR count).